The summed E-state index contributed by atoms with van der Waals surface area (Å²) in [7, 11) is 1.72. The Balaban J connectivity index is 1.80. The quantitative estimate of drug-likeness (QED) is 0.781. The van der Waals surface area contributed by atoms with Crippen LogP contribution in [-0.2, 0) is 25.6 Å². The molecule has 1 fully saturated rings. The molecule has 2 amide bonds. The number of esters is 1. The van der Waals surface area contributed by atoms with Crippen LogP contribution in [0.3, 0.4) is 0 Å². The Morgan fingerprint density at radius 1 is 1.33 bits per heavy atom. The third-order valence-corrected chi connectivity index (χ3v) is 4.45. The maximum atomic E-state index is 12.8. The van der Waals surface area contributed by atoms with Crippen LogP contribution in [0, 0.1) is 0 Å². The number of anilines is 1. The van der Waals surface area contributed by atoms with E-state index in [1.807, 2.05) is 6.07 Å². The van der Waals surface area contributed by atoms with Crippen molar-refractivity contribution in [3.8, 4) is 0 Å². The topological polar surface area (TPSA) is 96.4 Å². The number of hydrogen-bond acceptors (Lipinski definition) is 6. The monoisotopic (exact) mass is 376 g/mol. The zero-order valence-electron chi connectivity index (χ0n) is 15.9. The van der Waals surface area contributed by atoms with Gasteiger partial charge in [-0.15, -0.1) is 0 Å². The van der Waals surface area contributed by atoms with Gasteiger partial charge in [-0.3, -0.25) is 9.59 Å². The van der Waals surface area contributed by atoms with Crippen molar-refractivity contribution >= 4 is 23.5 Å². The van der Waals surface area contributed by atoms with E-state index in [1.54, 1.807) is 44.9 Å². The Labute approximate surface area is 157 Å². The molecule has 0 aliphatic carbocycles. The molecule has 0 spiro atoms. The van der Waals surface area contributed by atoms with Crippen LogP contribution < -0.4 is 4.90 Å². The normalized spacial score (nSPS) is 21.3. The number of aliphatic hydroxyl groups is 1. The van der Waals surface area contributed by atoms with Crippen molar-refractivity contribution in [3.05, 3.63) is 29.3 Å². The lowest BCUT2D eigenvalue weighted by molar-refractivity contribution is -0.177. The molecule has 0 aromatic heterocycles. The van der Waals surface area contributed by atoms with E-state index in [4.69, 9.17) is 9.47 Å². The number of morpholine rings is 1. The lowest BCUT2D eigenvalue weighted by atomic mass is 10.1. The van der Waals surface area contributed by atoms with E-state index >= 15 is 0 Å². The smallest absolute Gasteiger partial charge is 0.338 e. The summed E-state index contributed by atoms with van der Waals surface area (Å²) in [5, 5.41) is 10.3. The summed E-state index contributed by atoms with van der Waals surface area (Å²) in [6, 6.07) is 5.24. The summed E-state index contributed by atoms with van der Waals surface area (Å²) in [6.45, 7) is 5.97. The Morgan fingerprint density at radius 3 is 2.70 bits per heavy atom. The highest BCUT2D eigenvalue weighted by Gasteiger charge is 2.41. The number of fused-ring (bicyclic) bond motifs is 1. The second-order valence-electron chi connectivity index (χ2n) is 7.76. The molecule has 0 radical (unpaired) electrons. The fraction of sp³-hybridized carbons (Fsp3) is 0.526. The number of aliphatic hydroxyl groups excluding tert-OH is 1. The fourth-order valence-electron chi connectivity index (χ4n) is 3.18. The van der Waals surface area contributed by atoms with E-state index in [1.165, 1.54) is 4.90 Å². The molecular formula is C19H24N2O6. The van der Waals surface area contributed by atoms with Gasteiger partial charge in [0, 0.05) is 31.4 Å². The molecule has 8 heteroatoms. The standard InChI is InChI=1S/C19H24N2O6/c1-19(2,3)27-18(25)14(22)15-17(24)21(7-8-26-15)12-6-5-11-10-20(4)16(23)13(11)9-12/h5-6,9,14-15,22H,7-8,10H2,1-4H3/t14?,15-/m1/s1. The average molecular weight is 376 g/mol. The van der Waals surface area contributed by atoms with E-state index in [0.717, 1.165) is 5.56 Å². The van der Waals surface area contributed by atoms with Crippen LogP contribution in [0.1, 0.15) is 36.7 Å². The summed E-state index contributed by atoms with van der Waals surface area (Å²) in [5.41, 5.74) is 1.20. The third kappa shape index (κ3) is 3.81. The van der Waals surface area contributed by atoms with E-state index in [2.05, 4.69) is 0 Å². The number of nitrogens with zero attached hydrogens (tertiary/aromatic N) is 2. The highest BCUT2D eigenvalue weighted by Crippen LogP contribution is 2.28. The molecule has 1 aromatic rings. The molecule has 0 bridgehead atoms. The summed E-state index contributed by atoms with van der Waals surface area (Å²) < 4.78 is 10.5. The first-order valence-corrected chi connectivity index (χ1v) is 8.81. The Kier molecular flexibility index (Phi) is 4.96. The van der Waals surface area contributed by atoms with Crippen molar-refractivity contribution in [1.82, 2.24) is 4.90 Å². The molecule has 1 unspecified atom stereocenters. The average Bonchev–Trinajstić information content (AvgIpc) is 2.87. The molecule has 1 aromatic carbocycles. The van der Waals surface area contributed by atoms with Crippen molar-refractivity contribution < 1.29 is 29.0 Å². The predicted molar refractivity (Wildman–Crippen MR) is 96.2 cm³/mol. The van der Waals surface area contributed by atoms with Gasteiger partial charge < -0.3 is 24.4 Å². The molecule has 27 heavy (non-hydrogen) atoms. The lowest BCUT2D eigenvalue weighted by Gasteiger charge is -2.34. The van der Waals surface area contributed by atoms with Crippen molar-refractivity contribution in [3.63, 3.8) is 0 Å². The van der Waals surface area contributed by atoms with Gasteiger partial charge in [-0.25, -0.2) is 4.79 Å². The number of hydrogen-bond donors (Lipinski definition) is 1. The molecule has 2 atom stereocenters. The minimum absolute atomic E-state index is 0.0992. The molecule has 0 saturated carbocycles. The van der Waals surface area contributed by atoms with E-state index in [9.17, 15) is 19.5 Å². The molecule has 3 rings (SSSR count). The van der Waals surface area contributed by atoms with Crippen molar-refractivity contribution in [2.45, 2.75) is 45.1 Å². The first-order chi connectivity index (χ1) is 12.6. The zero-order chi connectivity index (χ0) is 19.9. The van der Waals surface area contributed by atoms with Gasteiger partial charge in [-0.1, -0.05) is 6.07 Å². The van der Waals surface area contributed by atoms with Crippen molar-refractivity contribution in [2.75, 3.05) is 25.1 Å². The molecule has 1 N–H and O–H groups in total. The minimum atomic E-state index is -1.72. The number of ether oxygens (including phenoxy) is 2. The van der Waals surface area contributed by atoms with Gasteiger partial charge in [0.05, 0.1) is 6.61 Å². The number of amides is 2. The second-order valence-corrected chi connectivity index (χ2v) is 7.76. The van der Waals surface area contributed by atoms with Gasteiger partial charge in [0.2, 0.25) is 0 Å². The Morgan fingerprint density at radius 2 is 2.04 bits per heavy atom. The first kappa shape index (κ1) is 19.3. The van der Waals surface area contributed by atoms with Crippen LogP contribution in [0.4, 0.5) is 5.69 Å². The van der Waals surface area contributed by atoms with Crippen LogP contribution in [0.2, 0.25) is 0 Å². The number of benzene rings is 1. The molecule has 146 valence electrons. The largest absolute Gasteiger partial charge is 0.458 e. The molecule has 2 heterocycles. The summed E-state index contributed by atoms with van der Waals surface area (Å²) in [5.74, 6) is -1.55. The molecular weight excluding hydrogens is 352 g/mol. The van der Waals surface area contributed by atoms with Crippen molar-refractivity contribution in [1.29, 1.82) is 0 Å². The lowest BCUT2D eigenvalue weighted by Crippen LogP contribution is -2.55. The SMILES string of the molecule is CN1Cc2ccc(N3CCO[C@H](C(O)C(=O)OC(C)(C)C)C3=O)cc2C1=O. The zero-order valence-corrected chi connectivity index (χ0v) is 15.9. The second kappa shape index (κ2) is 6.94. The van der Waals surface area contributed by atoms with Crippen LogP contribution in [0.15, 0.2) is 18.2 Å². The van der Waals surface area contributed by atoms with Crippen molar-refractivity contribution in [2.24, 2.45) is 0 Å². The van der Waals surface area contributed by atoms with E-state index < -0.39 is 29.7 Å². The van der Waals surface area contributed by atoms with Gasteiger partial charge in [0.1, 0.15) is 5.60 Å². The number of carbonyl (C=O) groups is 3. The molecule has 1 saturated heterocycles. The van der Waals surface area contributed by atoms with Gasteiger partial charge in [0.25, 0.3) is 11.8 Å². The summed E-state index contributed by atoms with van der Waals surface area (Å²) in [6.07, 6.45) is -3.07. The predicted octanol–water partition coefficient (Wildman–Crippen LogP) is 0.707. The van der Waals surface area contributed by atoms with Gasteiger partial charge in [-0.2, -0.15) is 0 Å². The van der Waals surface area contributed by atoms with Crippen LogP contribution in [0.5, 0.6) is 0 Å². The van der Waals surface area contributed by atoms with Crippen LogP contribution >= 0.6 is 0 Å². The Hall–Kier alpha value is -2.45. The minimum Gasteiger partial charge on any atom is -0.458 e. The van der Waals surface area contributed by atoms with E-state index in [-0.39, 0.29) is 19.1 Å². The third-order valence-electron chi connectivity index (χ3n) is 4.45. The maximum Gasteiger partial charge on any atom is 0.338 e. The van der Waals surface area contributed by atoms with Crippen LogP contribution in [-0.4, -0.2) is 65.8 Å². The molecule has 8 nitrogen and oxygen atoms in total. The highest BCUT2D eigenvalue weighted by atomic mass is 16.6. The summed E-state index contributed by atoms with van der Waals surface area (Å²) >= 11 is 0. The maximum absolute atomic E-state index is 12.8. The summed E-state index contributed by atoms with van der Waals surface area (Å²) in [4.78, 5) is 40.2. The van der Waals surface area contributed by atoms with Crippen LogP contribution in [0.25, 0.3) is 0 Å². The fourth-order valence-corrected chi connectivity index (χ4v) is 3.18. The number of rotatable bonds is 3. The Bertz CT molecular complexity index is 785. The van der Waals surface area contributed by atoms with Gasteiger partial charge in [-0.05, 0) is 38.5 Å². The van der Waals surface area contributed by atoms with Gasteiger partial charge >= 0.3 is 5.97 Å². The van der Waals surface area contributed by atoms with E-state index in [0.29, 0.717) is 17.8 Å². The first-order valence-electron chi connectivity index (χ1n) is 8.81. The highest BCUT2D eigenvalue weighted by molar-refractivity contribution is 6.03. The molecule has 2 aliphatic heterocycles. The van der Waals surface area contributed by atoms with Gasteiger partial charge in [0.15, 0.2) is 12.2 Å². The molecule has 2 aliphatic rings. The number of carbonyl (C=O) groups excluding carboxylic acids is 3.